The summed E-state index contributed by atoms with van der Waals surface area (Å²) in [4.78, 5) is 15.3. The first-order valence-electron chi connectivity index (χ1n) is 19.0. The van der Waals surface area contributed by atoms with Crippen LogP contribution < -0.4 is 4.74 Å². The number of aromatic nitrogens is 3. The maximum atomic E-state index is 6.61. The number of hydrogen-bond donors (Lipinski definition) is 0. The van der Waals surface area contributed by atoms with Crippen molar-refractivity contribution in [2.75, 3.05) is 0 Å². The lowest BCUT2D eigenvalue weighted by molar-refractivity contribution is 0.106. The summed E-state index contributed by atoms with van der Waals surface area (Å²) in [6.45, 7) is 4.26. The fraction of sp³-hybridized carbons (Fsp3) is 0.0577. The van der Waals surface area contributed by atoms with E-state index in [1.165, 1.54) is 33.0 Å². The highest BCUT2D eigenvalue weighted by molar-refractivity contribution is 5.96. The van der Waals surface area contributed by atoms with Gasteiger partial charge in [0.05, 0.1) is 0 Å². The van der Waals surface area contributed by atoms with Crippen molar-refractivity contribution in [2.45, 2.75) is 19.4 Å². The van der Waals surface area contributed by atoms with E-state index in [9.17, 15) is 0 Å². The SMILES string of the molecule is CC1(C)Oc2cc(-c3cccc(-c4nc(-c5ccc(-c6ccccc6)cc5)nc(-c5ccc(-c6cccc7ccccc67)cc5)n4)c3)ccc2-c2ccccc21. The third-order valence-electron chi connectivity index (χ3n) is 10.8. The molecule has 4 nitrogen and oxygen atoms in total. The van der Waals surface area contributed by atoms with Crippen LogP contribution in [-0.2, 0) is 5.60 Å². The standard InChI is InChI=1S/C52H37N3O/c1-52(2)47-21-9-8-19-45(47)46-31-30-41(33-48(46)56-52)40-16-10-17-42(32-40)51-54-49(38-26-22-35(23-27-38)34-12-4-3-5-13-34)53-50(55-51)39-28-24-37(25-29-39)44-20-11-15-36-14-6-7-18-43(36)44/h3-33H,1-2H3. The maximum Gasteiger partial charge on any atom is 0.164 e. The van der Waals surface area contributed by atoms with Gasteiger partial charge < -0.3 is 4.74 Å². The molecule has 10 rings (SSSR count). The van der Waals surface area contributed by atoms with E-state index in [2.05, 4.69) is 196 Å². The minimum Gasteiger partial charge on any atom is -0.482 e. The van der Waals surface area contributed by atoms with E-state index in [0.29, 0.717) is 17.5 Å². The summed E-state index contributed by atoms with van der Waals surface area (Å²) >= 11 is 0. The lowest BCUT2D eigenvalue weighted by Gasteiger charge is -2.35. The van der Waals surface area contributed by atoms with Crippen molar-refractivity contribution in [3.63, 3.8) is 0 Å². The van der Waals surface area contributed by atoms with Gasteiger partial charge in [-0.25, -0.2) is 15.0 Å². The van der Waals surface area contributed by atoms with Gasteiger partial charge in [0.2, 0.25) is 0 Å². The minimum atomic E-state index is -0.436. The highest BCUT2D eigenvalue weighted by Crippen LogP contribution is 2.46. The zero-order valence-electron chi connectivity index (χ0n) is 31.1. The first-order chi connectivity index (χ1) is 27.5. The third-order valence-corrected chi connectivity index (χ3v) is 10.8. The molecule has 9 aromatic rings. The third kappa shape index (κ3) is 6.11. The number of ether oxygens (including phenoxy) is 1. The lowest BCUT2D eigenvalue weighted by Crippen LogP contribution is -2.29. The summed E-state index contributed by atoms with van der Waals surface area (Å²) in [5.74, 6) is 2.74. The molecule has 8 aromatic carbocycles. The molecular weight excluding hydrogens is 683 g/mol. The predicted molar refractivity (Wildman–Crippen MR) is 229 cm³/mol. The van der Waals surface area contributed by atoms with Gasteiger partial charge in [-0.15, -0.1) is 0 Å². The Morgan fingerprint density at radius 3 is 1.62 bits per heavy atom. The average molecular weight is 720 g/mol. The Morgan fingerprint density at radius 1 is 0.357 bits per heavy atom. The molecule has 0 radical (unpaired) electrons. The molecule has 0 amide bonds. The molecule has 1 aromatic heterocycles. The number of fused-ring (bicyclic) bond motifs is 4. The number of rotatable bonds is 6. The molecule has 0 aliphatic carbocycles. The van der Waals surface area contributed by atoms with E-state index in [1.807, 2.05) is 6.07 Å². The van der Waals surface area contributed by atoms with Crippen molar-refractivity contribution in [3.8, 4) is 84.4 Å². The van der Waals surface area contributed by atoms with Crippen LogP contribution in [0.25, 0.3) is 89.4 Å². The molecule has 0 unspecified atom stereocenters. The van der Waals surface area contributed by atoms with Crippen LogP contribution >= 0.6 is 0 Å². The first-order valence-corrected chi connectivity index (χ1v) is 19.0. The van der Waals surface area contributed by atoms with Crippen LogP contribution in [0, 0.1) is 0 Å². The Hall–Kier alpha value is -7.17. The van der Waals surface area contributed by atoms with Crippen molar-refractivity contribution in [2.24, 2.45) is 0 Å². The fourth-order valence-corrected chi connectivity index (χ4v) is 7.90. The van der Waals surface area contributed by atoms with E-state index >= 15 is 0 Å². The summed E-state index contributed by atoms with van der Waals surface area (Å²) in [6, 6.07) is 65.8. The molecule has 1 aliphatic rings. The average Bonchev–Trinajstić information content (AvgIpc) is 3.26. The second kappa shape index (κ2) is 13.6. The van der Waals surface area contributed by atoms with Crippen molar-refractivity contribution < 1.29 is 4.74 Å². The van der Waals surface area contributed by atoms with Crippen LogP contribution in [0.1, 0.15) is 19.4 Å². The van der Waals surface area contributed by atoms with Gasteiger partial charge in [0, 0.05) is 27.8 Å². The summed E-state index contributed by atoms with van der Waals surface area (Å²) in [6.07, 6.45) is 0. The molecule has 56 heavy (non-hydrogen) atoms. The minimum absolute atomic E-state index is 0.436. The van der Waals surface area contributed by atoms with E-state index in [-0.39, 0.29) is 0 Å². The van der Waals surface area contributed by atoms with Crippen LogP contribution in [0.5, 0.6) is 5.75 Å². The van der Waals surface area contributed by atoms with Crippen LogP contribution in [0.15, 0.2) is 188 Å². The Kier molecular flexibility index (Phi) is 8.11. The number of hydrogen-bond acceptors (Lipinski definition) is 4. The second-order valence-electron chi connectivity index (χ2n) is 14.8. The maximum absolute atomic E-state index is 6.61. The van der Waals surface area contributed by atoms with Crippen LogP contribution in [0.4, 0.5) is 0 Å². The number of nitrogens with zero attached hydrogens (tertiary/aromatic N) is 3. The second-order valence-corrected chi connectivity index (χ2v) is 14.8. The van der Waals surface area contributed by atoms with E-state index < -0.39 is 5.60 Å². The molecule has 1 aliphatic heterocycles. The zero-order chi connectivity index (χ0) is 37.6. The van der Waals surface area contributed by atoms with E-state index in [0.717, 1.165) is 50.3 Å². The highest BCUT2D eigenvalue weighted by atomic mass is 16.5. The van der Waals surface area contributed by atoms with Gasteiger partial charge in [-0.3, -0.25) is 0 Å². The fourth-order valence-electron chi connectivity index (χ4n) is 7.90. The molecule has 4 heteroatoms. The monoisotopic (exact) mass is 719 g/mol. The Balaban J connectivity index is 1.05. The van der Waals surface area contributed by atoms with Gasteiger partial charge in [0.25, 0.3) is 0 Å². The molecule has 0 saturated heterocycles. The largest absolute Gasteiger partial charge is 0.482 e. The van der Waals surface area contributed by atoms with Gasteiger partial charge in [-0.2, -0.15) is 0 Å². The molecule has 0 N–H and O–H groups in total. The Labute approximate surface area is 326 Å². The Bertz CT molecular complexity index is 2890. The summed E-state index contributed by atoms with van der Waals surface area (Å²) in [5.41, 5.74) is 12.6. The molecular formula is C52H37N3O. The smallest absolute Gasteiger partial charge is 0.164 e. The molecule has 2 heterocycles. The Morgan fingerprint density at radius 2 is 0.857 bits per heavy atom. The number of benzene rings is 8. The van der Waals surface area contributed by atoms with Crippen LogP contribution in [0.3, 0.4) is 0 Å². The molecule has 0 spiro atoms. The van der Waals surface area contributed by atoms with Gasteiger partial charge in [-0.05, 0) is 75.7 Å². The van der Waals surface area contributed by atoms with Crippen molar-refractivity contribution in [3.05, 3.63) is 194 Å². The van der Waals surface area contributed by atoms with Gasteiger partial charge >= 0.3 is 0 Å². The predicted octanol–water partition coefficient (Wildman–Crippen LogP) is 13.3. The highest BCUT2D eigenvalue weighted by Gasteiger charge is 2.32. The van der Waals surface area contributed by atoms with Crippen molar-refractivity contribution >= 4 is 10.8 Å². The van der Waals surface area contributed by atoms with Crippen molar-refractivity contribution in [1.82, 2.24) is 15.0 Å². The quantitative estimate of drug-likeness (QED) is 0.172. The van der Waals surface area contributed by atoms with Gasteiger partial charge in [0.1, 0.15) is 11.4 Å². The van der Waals surface area contributed by atoms with E-state index in [4.69, 9.17) is 19.7 Å². The summed E-state index contributed by atoms with van der Waals surface area (Å²) < 4.78 is 6.61. The molecule has 0 fully saturated rings. The van der Waals surface area contributed by atoms with Gasteiger partial charge in [0.15, 0.2) is 17.5 Å². The van der Waals surface area contributed by atoms with Crippen LogP contribution in [0.2, 0.25) is 0 Å². The first kappa shape index (κ1) is 33.4. The van der Waals surface area contributed by atoms with Crippen LogP contribution in [-0.4, -0.2) is 15.0 Å². The molecule has 0 saturated carbocycles. The normalized spacial score (nSPS) is 12.8. The molecule has 0 atom stereocenters. The molecule has 0 bridgehead atoms. The topological polar surface area (TPSA) is 47.9 Å². The van der Waals surface area contributed by atoms with Crippen molar-refractivity contribution in [1.29, 1.82) is 0 Å². The summed E-state index contributed by atoms with van der Waals surface area (Å²) in [5, 5.41) is 2.45. The lowest BCUT2D eigenvalue weighted by atomic mass is 9.85. The summed E-state index contributed by atoms with van der Waals surface area (Å²) in [7, 11) is 0. The molecule has 266 valence electrons. The van der Waals surface area contributed by atoms with E-state index in [1.54, 1.807) is 0 Å². The van der Waals surface area contributed by atoms with Gasteiger partial charge in [-0.1, -0.05) is 176 Å². The zero-order valence-corrected chi connectivity index (χ0v) is 31.1.